The van der Waals surface area contributed by atoms with E-state index in [2.05, 4.69) is 32.5 Å². The number of hydrogen-bond acceptors (Lipinski definition) is 6. The molecule has 2 aromatic heterocycles. The number of anilines is 1. The number of ether oxygens (including phenoxy) is 1. The molecule has 10 heteroatoms. The fourth-order valence-electron chi connectivity index (χ4n) is 6.30. The zero-order chi connectivity index (χ0) is 30.6. The number of halogens is 1. The SMILES string of the molecule is COc1ccc(F)cc1C(=O)NCc1ccc(-c2nn3c4c(cnc(N)c24)/C=C/CCCCC(=O)N[C@@H]2CCC[C@@H]3C2)cc1. The number of nitrogens with zero attached hydrogens (tertiary/aromatic N) is 3. The molecule has 9 nitrogen and oxygen atoms in total. The van der Waals surface area contributed by atoms with Crippen molar-refractivity contribution in [3.05, 3.63) is 77.2 Å². The molecule has 2 amide bonds. The maximum absolute atomic E-state index is 13.8. The molecule has 2 aliphatic rings. The van der Waals surface area contributed by atoms with Crippen molar-refractivity contribution in [2.45, 2.75) is 70.0 Å². The molecule has 2 aromatic carbocycles. The minimum atomic E-state index is -0.508. The number of nitrogen functional groups attached to an aromatic ring is 1. The highest BCUT2D eigenvalue weighted by Gasteiger charge is 2.29. The number of benzene rings is 2. The van der Waals surface area contributed by atoms with Gasteiger partial charge in [-0.05, 0) is 68.7 Å². The molecule has 3 heterocycles. The molecule has 0 unspecified atom stereocenters. The molecule has 2 bridgehead atoms. The summed E-state index contributed by atoms with van der Waals surface area (Å²) in [5.41, 5.74) is 11.1. The molecule has 6 rings (SSSR count). The number of carbonyl (C=O) groups excluding carboxylic acids is 2. The fourth-order valence-corrected chi connectivity index (χ4v) is 6.30. The van der Waals surface area contributed by atoms with Gasteiger partial charge in [0.05, 0.1) is 29.6 Å². The van der Waals surface area contributed by atoms with Gasteiger partial charge in [0.1, 0.15) is 23.1 Å². The summed E-state index contributed by atoms with van der Waals surface area (Å²) < 4.78 is 21.1. The molecule has 0 spiro atoms. The van der Waals surface area contributed by atoms with Gasteiger partial charge in [-0.2, -0.15) is 5.10 Å². The molecule has 1 saturated carbocycles. The molecule has 1 fully saturated rings. The Labute approximate surface area is 255 Å². The van der Waals surface area contributed by atoms with Crippen molar-refractivity contribution in [1.29, 1.82) is 0 Å². The Hall–Kier alpha value is -4.73. The van der Waals surface area contributed by atoms with E-state index in [-0.39, 0.29) is 30.1 Å². The van der Waals surface area contributed by atoms with E-state index >= 15 is 0 Å². The fraction of sp³-hybridized carbons (Fsp3) is 0.353. The van der Waals surface area contributed by atoms with Crippen molar-refractivity contribution in [2.75, 3.05) is 12.8 Å². The van der Waals surface area contributed by atoms with Crippen LogP contribution in [0.1, 0.15) is 78.9 Å². The topological polar surface area (TPSA) is 124 Å². The number of hydrogen-bond donors (Lipinski definition) is 3. The summed E-state index contributed by atoms with van der Waals surface area (Å²) in [7, 11) is 1.44. The lowest BCUT2D eigenvalue weighted by molar-refractivity contribution is -0.122. The van der Waals surface area contributed by atoms with Gasteiger partial charge >= 0.3 is 0 Å². The average molecular weight is 597 g/mol. The number of nitrogens with two attached hydrogens (primary N) is 1. The zero-order valence-electron chi connectivity index (χ0n) is 24.8. The first-order valence-corrected chi connectivity index (χ1v) is 15.2. The maximum Gasteiger partial charge on any atom is 0.255 e. The van der Waals surface area contributed by atoms with Crippen molar-refractivity contribution in [3.63, 3.8) is 0 Å². The molecule has 0 radical (unpaired) electrons. The van der Waals surface area contributed by atoms with Crippen molar-refractivity contribution in [1.82, 2.24) is 25.4 Å². The largest absolute Gasteiger partial charge is 0.496 e. The molecule has 4 N–H and O–H groups in total. The van der Waals surface area contributed by atoms with Crippen molar-refractivity contribution >= 4 is 34.6 Å². The van der Waals surface area contributed by atoms with Crippen molar-refractivity contribution < 1.29 is 18.7 Å². The van der Waals surface area contributed by atoms with Gasteiger partial charge in [-0.25, -0.2) is 9.37 Å². The second-order valence-corrected chi connectivity index (χ2v) is 11.6. The van der Waals surface area contributed by atoms with Gasteiger partial charge in [-0.3, -0.25) is 14.3 Å². The van der Waals surface area contributed by atoms with Gasteiger partial charge in [-0.15, -0.1) is 0 Å². The van der Waals surface area contributed by atoms with Crippen LogP contribution in [0.2, 0.25) is 0 Å². The first-order chi connectivity index (χ1) is 21.4. The van der Waals surface area contributed by atoms with Crippen LogP contribution in [0.15, 0.2) is 54.7 Å². The summed E-state index contributed by atoms with van der Waals surface area (Å²) in [5.74, 6) is -0.0798. The van der Waals surface area contributed by atoms with Crippen LogP contribution in [0, 0.1) is 5.82 Å². The quantitative estimate of drug-likeness (QED) is 0.262. The number of amides is 2. The first kappa shape index (κ1) is 29.3. The van der Waals surface area contributed by atoms with Crippen LogP contribution in [0.4, 0.5) is 10.2 Å². The molecule has 228 valence electrons. The highest BCUT2D eigenvalue weighted by Crippen LogP contribution is 2.39. The third kappa shape index (κ3) is 6.15. The standard InChI is InChI=1S/C34H37FN6O3/c1-44-28-16-15-24(35)17-27(28)34(43)38-19-21-11-13-22(14-12-21)31-30-32-23(20-37-33(30)36)7-4-2-3-5-10-29(42)39-25-8-6-9-26(18-25)41(32)40-31/h4,7,11-17,20,25-26H,2-3,5-6,8-10,18-19H2,1H3,(H2,36,37)(H,38,43)(H,39,42)/b7-4+/t25-,26-/m1/s1. The molecule has 1 aliphatic heterocycles. The number of rotatable bonds is 5. The van der Waals surface area contributed by atoms with E-state index in [1.54, 1.807) is 0 Å². The summed E-state index contributed by atoms with van der Waals surface area (Å²) in [5, 5.41) is 12.1. The summed E-state index contributed by atoms with van der Waals surface area (Å²) in [4.78, 5) is 29.9. The molecule has 4 aromatic rings. The monoisotopic (exact) mass is 596 g/mol. The number of carbonyl (C=O) groups is 2. The Morgan fingerprint density at radius 3 is 2.82 bits per heavy atom. The van der Waals surface area contributed by atoms with Crippen LogP contribution in [-0.4, -0.2) is 39.7 Å². The van der Waals surface area contributed by atoms with E-state index in [1.807, 2.05) is 30.5 Å². The lowest BCUT2D eigenvalue weighted by Gasteiger charge is -2.30. The van der Waals surface area contributed by atoms with Gasteiger partial charge in [0.2, 0.25) is 5.91 Å². The summed E-state index contributed by atoms with van der Waals surface area (Å²) in [6, 6.07) is 11.9. The Balaban J connectivity index is 1.32. The number of allylic oxidation sites excluding steroid dienone is 1. The molecule has 2 atom stereocenters. The summed E-state index contributed by atoms with van der Waals surface area (Å²) in [6.45, 7) is 0.252. The van der Waals surface area contributed by atoms with E-state index in [4.69, 9.17) is 15.6 Å². The number of fused-ring (bicyclic) bond motifs is 3. The predicted octanol–water partition coefficient (Wildman–Crippen LogP) is 5.95. The van der Waals surface area contributed by atoms with Gasteiger partial charge < -0.3 is 21.1 Å². The third-order valence-electron chi connectivity index (χ3n) is 8.55. The van der Waals surface area contributed by atoms with Crippen LogP contribution in [0.3, 0.4) is 0 Å². The highest BCUT2D eigenvalue weighted by molar-refractivity contribution is 6.03. The number of aromatic nitrogens is 3. The smallest absolute Gasteiger partial charge is 0.255 e. The Bertz CT molecular complexity index is 1710. The average Bonchev–Trinajstić information content (AvgIpc) is 3.44. The number of pyridine rings is 1. The normalized spacial score (nSPS) is 19.5. The Kier molecular flexibility index (Phi) is 8.58. The highest BCUT2D eigenvalue weighted by atomic mass is 19.1. The second kappa shape index (κ2) is 12.9. The predicted molar refractivity (Wildman–Crippen MR) is 168 cm³/mol. The van der Waals surface area contributed by atoms with Crippen LogP contribution >= 0.6 is 0 Å². The van der Waals surface area contributed by atoms with Gasteiger partial charge in [0, 0.05) is 36.3 Å². The minimum absolute atomic E-state index is 0.108. The molecule has 44 heavy (non-hydrogen) atoms. The summed E-state index contributed by atoms with van der Waals surface area (Å²) in [6.07, 6.45) is 13.0. The van der Waals surface area contributed by atoms with E-state index in [1.165, 1.54) is 19.2 Å². The lowest BCUT2D eigenvalue weighted by atomic mass is 9.90. The lowest BCUT2D eigenvalue weighted by Crippen LogP contribution is -2.39. The van der Waals surface area contributed by atoms with E-state index in [9.17, 15) is 14.0 Å². The summed E-state index contributed by atoms with van der Waals surface area (Å²) >= 11 is 0. The molecular weight excluding hydrogens is 559 g/mol. The van der Waals surface area contributed by atoms with Gasteiger partial charge in [-0.1, -0.05) is 36.4 Å². The van der Waals surface area contributed by atoms with Crippen LogP contribution in [-0.2, 0) is 11.3 Å². The zero-order valence-corrected chi connectivity index (χ0v) is 24.8. The Morgan fingerprint density at radius 2 is 2.00 bits per heavy atom. The van der Waals surface area contributed by atoms with Gasteiger partial charge in [0.15, 0.2) is 0 Å². The van der Waals surface area contributed by atoms with Crippen LogP contribution in [0.25, 0.3) is 28.2 Å². The maximum atomic E-state index is 13.8. The molecule has 1 aliphatic carbocycles. The second-order valence-electron chi connectivity index (χ2n) is 11.6. The third-order valence-corrected chi connectivity index (χ3v) is 8.55. The van der Waals surface area contributed by atoms with Gasteiger partial charge in [0.25, 0.3) is 5.91 Å². The molecule has 0 saturated heterocycles. The van der Waals surface area contributed by atoms with E-state index in [0.29, 0.717) is 18.0 Å². The van der Waals surface area contributed by atoms with E-state index in [0.717, 1.165) is 84.3 Å². The van der Waals surface area contributed by atoms with E-state index < -0.39 is 11.7 Å². The van der Waals surface area contributed by atoms with Crippen LogP contribution < -0.4 is 21.1 Å². The first-order valence-electron chi connectivity index (χ1n) is 15.2. The van der Waals surface area contributed by atoms with Crippen molar-refractivity contribution in [3.8, 4) is 17.0 Å². The number of methoxy groups -OCH3 is 1. The minimum Gasteiger partial charge on any atom is -0.496 e. The van der Waals surface area contributed by atoms with Crippen molar-refractivity contribution in [2.24, 2.45) is 0 Å². The van der Waals surface area contributed by atoms with Crippen LogP contribution in [0.5, 0.6) is 5.75 Å². The number of nitrogens with one attached hydrogen (secondary N) is 2. The Morgan fingerprint density at radius 1 is 1.16 bits per heavy atom. The molecular formula is C34H37FN6O3.